The van der Waals surface area contributed by atoms with Gasteiger partial charge >= 0.3 is 0 Å². The molecule has 0 aromatic heterocycles. The van der Waals surface area contributed by atoms with Crippen LogP contribution < -0.4 is 10.4 Å². The van der Waals surface area contributed by atoms with E-state index in [0.717, 1.165) is 0 Å². The highest BCUT2D eigenvalue weighted by molar-refractivity contribution is 7.50. The normalized spacial score (nSPS) is 12.5. The molecular formula is C20H30Si2. The minimum absolute atomic E-state index is 1.43. The third-order valence-corrected chi connectivity index (χ3v) is 24.0. The van der Waals surface area contributed by atoms with Gasteiger partial charge in [0.15, 0.2) is 0 Å². The fourth-order valence-electron chi connectivity index (χ4n) is 3.53. The number of benzene rings is 2. The first-order valence-electron chi connectivity index (χ1n) is 8.24. The Morgan fingerprint density at radius 1 is 0.545 bits per heavy atom. The summed E-state index contributed by atoms with van der Waals surface area (Å²) in [4.78, 5) is 0. The smallest absolute Gasteiger partial charge is 0.0671 e. The zero-order chi connectivity index (χ0) is 16.7. The lowest BCUT2D eigenvalue weighted by atomic mass is 10.1. The topological polar surface area (TPSA) is 0 Å². The zero-order valence-corrected chi connectivity index (χ0v) is 17.5. The molecule has 0 saturated heterocycles. The zero-order valence-electron chi connectivity index (χ0n) is 15.5. The Morgan fingerprint density at radius 3 is 1.18 bits per heavy atom. The number of aryl methyl sites for hydroxylation is 2. The van der Waals surface area contributed by atoms with Crippen molar-refractivity contribution in [2.45, 2.75) is 53.9 Å². The highest BCUT2D eigenvalue weighted by Crippen LogP contribution is 2.23. The summed E-state index contributed by atoms with van der Waals surface area (Å²) in [5.74, 6) is 0. The molecule has 118 valence electrons. The maximum absolute atomic E-state index is 2.59. The van der Waals surface area contributed by atoms with Gasteiger partial charge in [-0.3, -0.25) is 0 Å². The predicted molar refractivity (Wildman–Crippen MR) is 106 cm³/mol. The van der Waals surface area contributed by atoms with Crippen LogP contribution in [0.3, 0.4) is 0 Å². The molecule has 0 heterocycles. The van der Waals surface area contributed by atoms with E-state index in [1.807, 2.05) is 0 Å². The maximum Gasteiger partial charge on any atom is 0.0795 e. The Labute approximate surface area is 138 Å². The van der Waals surface area contributed by atoms with Gasteiger partial charge in [-0.05, 0) is 49.9 Å². The summed E-state index contributed by atoms with van der Waals surface area (Å²) in [6.07, 6.45) is 0. The Morgan fingerprint density at radius 2 is 0.864 bits per heavy atom. The van der Waals surface area contributed by atoms with Crippen LogP contribution in [0.15, 0.2) is 36.4 Å². The average Bonchev–Trinajstić information content (AvgIpc) is 2.44. The second-order valence-corrected chi connectivity index (χ2v) is 22.8. The van der Waals surface area contributed by atoms with Crippen LogP contribution in [-0.4, -0.2) is 15.2 Å². The Balaban J connectivity index is 2.65. The van der Waals surface area contributed by atoms with Crippen LogP contribution in [-0.2, 0) is 0 Å². The van der Waals surface area contributed by atoms with E-state index in [4.69, 9.17) is 0 Å². The quantitative estimate of drug-likeness (QED) is 0.727. The summed E-state index contributed by atoms with van der Waals surface area (Å²) in [5, 5.41) is 3.31. The molecule has 2 rings (SSSR count). The summed E-state index contributed by atoms with van der Waals surface area (Å²) in [6, 6.07) is 13.8. The summed E-state index contributed by atoms with van der Waals surface area (Å²) >= 11 is 0. The SMILES string of the molecule is Cc1cccc([Si](C)(C)[Si](C)(C)c2cccc(C)c2C)c1C. The van der Waals surface area contributed by atoms with Crippen molar-refractivity contribution in [1.82, 2.24) is 0 Å². The third-order valence-electron chi connectivity index (χ3n) is 6.12. The van der Waals surface area contributed by atoms with Crippen molar-refractivity contribution in [1.29, 1.82) is 0 Å². The van der Waals surface area contributed by atoms with Crippen molar-refractivity contribution in [2.24, 2.45) is 0 Å². The molecule has 2 aromatic rings. The van der Waals surface area contributed by atoms with Crippen LogP contribution in [0.25, 0.3) is 0 Å². The van der Waals surface area contributed by atoms with E-state index in [1.54, 1.807) is 10.4 Å². The van der Waals surface area contributed by atoms with Gasteiger partial charge in [0.2, 0.25) is 0 Å². The van der Waals surface area contributed by atoms with Gasteiger partial charge in [0.1, 0.15) is 0 Å². The summed E-state index contributed by atoms with van der Waals surface area (Å²) < 4.78 is 0. The first-order chi connectivity index (χ1) is 10.1. The Kier molecular flexibility index (Phi) is 4.56. The second-order valence-electron chi connectivity index (χ2n) is 7.74. The molecule has 22 heavy (non-hydrogen) atoms. The molecule has 0 amide bonds. The molecule has 0 unspecified atom stereocenters. The van der Waals surface area contributed by atoms with E-state index < -0.39 is 15.2 Å². The van der Waals surface area contributed by atoms with Gasteiger partial charge in [-0.25, -0.2) is 0 Å². The van der Waals surface area contributed by atoms with Gasteiger partial charge in [-0.2, -0.15) is 0 Å². The van der Waals surface area contributed by atoms with Crippen molar-refractivity contribution in [3.05, 3.63) is 58.7 Å². The first-order valence-corrected chi connectivity index (χ1v) is 15.2. The lowest BCUT2D eigenvalue weighted by Crippen LogP contribution is -2.70. The molecule has 0 aliphatic carbocycles. The van der Waals surface area contributed by atoms with Crippen LogP contribution in [0.4, 0.5) is 0 Å². The monoisotopic (exact) mass is 326 g/mol. The Bertz CT molecular complexity index is 635. The fourth-order valence-corrected chi connectivity index (χ4v) is 13.8. The molecule has 0 aliphatic heterocycles. The fraction of sp³-hybridized carbons (Fsp3) is 0.400. The summed E-state index contributed by atoms with van der Waals surface area (Å²) in [5.41, 5.74) is 5.91. The first kappa shape index (κ1) is 17.2. The van der Waals surface area contributed by atoms with Crippen molar-refractivity contribution in [3.63, 3.8) is 0 Å². The van der Waals surface area contributed by atoms with E-state index in [1.165, 1.54) is 22.3 Å². The van der Waals surface area contributed by atoms with Crippen molar-refractivity contribution in [3.8, 4) is 0 Å². The molecule has 0 fully saturated rings. The molecular weight excluding hydrogens is 296 g/mol. The maximum atomic E-state index is 2.59. The molecule has 0 bridgehead atoms. The predicted octanol–water partition coefficient (Wildman–Crippen LogP) is 4.53. The van der Waals surface area contributed by atoms with Crippen molar-refractivity contribution in [2.75, 3.05) is 0 Å². The van der Waals surface area contributed by atoms with E-state index in [-0.39, 0.29) is 0 Å². The third kappa shape index (κ3) is 2.63. The van der Waals surface area contributed by atoms with Gasteiger partial charge < -0.3 is 0 Å². The molecule has 0 saturated carbocycles. The summed E-state index contributed by atoms with van der Waals surface area (Å²) in [6.45, 7) is 19.5. The lowest BCUT2D eigenvalue weighted by Gasteiger charge is -2.41. The highest BCUT2D eigenvalue weighted by Gasteiger charge is 2.45. The van der Waals surface area contributed by atoms with Gasteiger partial charge in [-0.15, -0.1) is 0 Å². The van der Waals surface area contributed by atoms with Crippen LogP contribution >= 0.6 is 0 Å². The second kappa shape index (κ2) is 5.82. The van der Waals surface area contributed by atoms with Crippen molar-refractivity contribution >= 4 is 25.6 Å². The highest BCUT2D eigenvalue weighted by atomic mass is 29.3. The number of hydrogen-bond donors (Lipinski definition) is 0. The van der Waals surface area contributed by atoms with Gasteiger partial charge in [0.25, 0.3) is 0 Å². The van der Waals surface area contributed by atoms with E-state index in [0.29, 0.717) is 0 Å². The van der Waals surface area contributed by atoms with Gasteiger partial charge in [0.05, 0.1) is 15.2 Å². The van der Waals surface area contributed by atoms with Crippen LogP contribution in [0.5, 0.6) is 0 Å². The molecule has 0 spiro atoms. The minimum Gasteiger partial charge on any atom is -0.0671 e. The molecule has 0 radical (unpaired) electrons. The average molecular weight is 327 g/mol. The summed E-state index contributed by atoms with van der Waals surface area (Å²) in [7, 11) is -3.08. The molecule has 2 heteroatoms. The Hall–Kier alpha value is -1.13. The number of hydrogen-bond acceptors (Lipinski definition) is 0. The lowest BCUT2D eigenvalue weighted by molar-refractivity contribution is 1.35. The molecule has 0 nitrogen and oxygen atoms in total. The standard InChI is InChI=1S/C20H30Si2/c1-15-11-9-13-19(17(15)3)21(5,6)22(7,8)20-14-10-12-16(2)18(20)4/h9-14H,1-8H3. The molecule has 2 aromatic carbocycles. The van der Waals surface area contributed by atoms with Crippen LogP contribution in [0, 0.1) is 27.7 Å². The van der Waals surface area contributed by atoms with Gasteiger partial charge in [-0.1, -0.05) is 73.0 Å². The minimum atomic E-state index is -1.54. The van der Waals surface area contributed by atoms with E-state index in [2.05, 4.69) is 90.3 Å². The van der Waals surface area contributed by atoms with E-state index in [9.17, 15) is 0 Å². The van der Waals surface area contributed by atoms with Crippen LogP contribution in [0.2, 0.25) is 26.2 Å². The molecule has 0 N–H and O–H groups in total. The van der Waals surface area contributed by atoms with E-state index >= 15 is 0 Å². The number of rotatable bonds is 3. The largest absolute Gasteiger partial charge is 0.0795 e. The molecule has 0 atom stereocenters. The van der Waals surface area contributed by atoms with Gasteiger partial charge in [0, 0.05) is 0 Å². The van der Waals surface area contributed by atoms with Crippen LogP contribution in [0.1, 0.15) is 22.3 Å². The van der Waals surface area contributed by atoms with Crippen molar-refractivity contribution < 1.29 is 0 Å². The molecule has 0 aliphatic rings.